The average Bonchev–Trinajstić information content (AvgIpc) is 3.03. The number of nitrogens with one attached hydrogen (secondary N) is 1. The Hall–Kier alpha value is -3.55. The van der Waals surface area contributed by atoms with Crippen molar-refractivity contribution in [1.82, 2.24) is 9.55 Å². The molecule has 0 aliphatic carbocycles. The topological polar surface area (TPSA) is 91.7 Å². The maximum atomic E-state index is 12.9. The van der Waals surface area contributed by atoms with Crippen LogP contribution >= 0.6 is 0 Å². The summed E-state index contributed by atoms with van der Waals surface area (Å²) >= 11 is 0. The van der Waals surface area contributed by atoms with Gasteiger partial charge in [-0.05, 0) is 43.2 Å². The number of methoxy groups -OCH3 is 2. The summed E-state index contributed by atoms with van der Waals surface area (Å²) in [5, 5.41) is 3.26. The van der Waals surface area contributed by atoms with Gasteiger partial charge in [-0.2, -0.15) is 0 Å². The number of aromatic nitrogens is 2. The van der Waals surface area contributed by atoms with Gasteiger partial charge in [0.15, 0.2) is 18.1 Å². The molecular formula is C23H25N3O5. The first kappa shape index (κ1) is 20.7. The fourth-order valence-corrected chi connectivity index (χ4v) is 3.75. The molecule has 1 aromatic heterocycles. The molecule has 0 radical (unpaired) electrons. The third-order valence-corrected chi connectivity index (χ3v) is 5.32. The van der Waals surface area contributed by atoms with Crippen molar-refractivity contribution in [2.24, 2.45) is 0 Å². The largest absolute Gasteiger partial charge is 0.493 e. The molecule has 0 saturated carbocycles. The molecule has 0 saturated heterocycles. The van der Waals surface area contributed by atoms with E-state index >= 15 is 0 Å². The molecule has 8 nitrogen and oxygen atoms in total. The van der Waals surface area contributed by atoms with E-state index < -0.39 is 0 Å². The van der Waals surface area contributed by atoms with E-state index in [2.05, 4.69) is 10.3 Å². The Bertz CT molecular complexity index is 1170. The van der Waals surface area contributed by atoms with Crippen LogP contribution in [0, 0.1) is 0 Å². The number of carbonyl (C=O) groups excluding carboxylic acids is 1. The molecule has 0 fully saturated rings. The zero-order chi connectivity index (χ0) is 21.8. The van der Waals surface area contributed by atoms with Gasteiger partial charge in [0.05, 0.1) is 25.1 Å². The third kappa shape index (κ3) is 4.47. The highest BCUT2D eigenvalue weighted by Gasteiger charge is 2.15. The molecule has 1 N–H and O–H groups in total. The van der Waals surface area contributed by atoms with Crippen LogP contribution in [0.2, 0.25) is 0 Å². The first-order chi connectivity index (χ1) is 15.1. The number of fused-ring (bicyclic) bond motifs is 2. The summed E-state index contributed by atoms with van der Waals surface area (Å²) in [5.74, 6) is 2.05. The quantitative estimate of drug-likeness (QED) is 0.655. The molecule has 31 heavy (non-hydrogen) atoms. The molecule has 0 unspecified atom stereocenters. The van der Waals surface area contributed by atoms with Crippen molar-refractivity contribution in [2.75, 3.05) is 26.1 Å². The van der Waals surface area contributed by atoms with Crippen LogP contribution in [0.15, 0.2) is 41.2 Å². The minimum Gasteiger partial charge on any atom is -0.493 e. The normalized spacial score (nSPS) is 13.2. The minimum absolute atomic E-state index is 0.0536. The summed E-state index contributed by atoms with van der Waals surface area (Å²) in [7, 11) is 3.08. The highest BCUT2D eigenvalue weighted by Crippen LogP contribution is 2.29. The van der Waals surface area contributed by atoms with Crippen LogP contribution in [0.25, 0.3) is 10.9 Å². The number of aryl methyl sites for hydroxylation is 1. The number of hydrogen-bond donors (Lipinski definition) is 1. The van der Waals surface area contributed by atoms with Gasteiger partial charge in [-0.15, -0.1) is 0 Å². The number of benzene rings is 2. The van der Waals surface area contributed by atoms with E-state index in [1.165, 1.54) is 7.11 Å². The second-order valence-electron chi connectivity index (χ2n) is 7.38. The third-order valence-electron chi connectivity index (χ3n) is 5.32. The summed E-state index contributed by atoms with van der Waals surface area (Å²) < 4.78 is 17.8. The monoisotopic (exact) mass is 423 g/mol. The zero-order valence-electron chi connectivity index (χ0n) is 17.6. The molecule has 8 heteroatoms. The van der Waals surface area contributed by atoms with Crippen LogP contribution in [0.1, 0.15) is 25.1 Å². The maximum Gasteiger partial charge on any atom is 0.262 e. The molecular weight excluding hydrogens is 398 g/mol. The van der Waals surface area contributed by atoms with E-state index in [0.717, 1.165) is 31.5 Å². The predicted octanol–water partition coefficient (Wildman–Crippen LogP) is 3.16. The molecule has 1 aliphatic rings. The summed E-state index contributed by atoms with van der Waals surface area (Å²) in [5.41, 5.74) is 1.16. The first-order valence-electron chi connectivity index (χ1n) is 10.3. The standard InChI is InChI=1S/C23H25N3O5/c1-29-19-10-7-15(12-20(19)30-2)24-22(27)14-31-16-8-9-18-17(13-16)23(28)26-11-5-3-4-6-21(26)25-18/h7-10,12-13H,3-6,11,14H2,1-2H3,(H,24,27). The fourth-order valence-electron chi connectivity index (χ4n) is 3.75. The Labute approximate surface area is 179 Å². The number of hydrogen-bond acceptors (Lipinski definition) is 6. The Kier molecular flexibility index (Phi) is 6.06. The molecule has 1 aliphatic heterocycles. The van der Waals surface area contributed by atoms with Gasteiger partial charge in [-0.25, -0.2) is 4.98 Å². The Morgan fingerprint density at radius 1 is 1.06 bits per heavy atom. The molecule has 162 valence electrons. The van der Waals surface area contributed by atoms with Crippen LogP contribution in [0.4, 0.5) is 5.69 Å². The molecule has 2 heterocycles. The van der Waals surface area contributed by atoms with Gasteiger partial charge in [0, 0.05) is 24.7 Å². The van der Waals surface area contributed by atoms with Crippen molar-refractivity contribution in [3.8, 4) is 17.2 Å². The fraction of sp³-hybridized carbons (Fsp3) is 0.348. The summed E-state index contributed by atoms with van der Waals surface area (Å²) in [6.07, 6.45) is 3.95. The molecule has 0 bridgehead atoms. The van der Waals surface area contributed by atoms with Crippen molar-refractivity contribution in [1.29, 1.82) is 0 Å². The Morgan fingerprint density at radius 2 is 1.90 bits per heavy atom. The Morgan fingerprint density at radius 3 is 2.71 bits per heavy atom. The Balaban J connectivity index is 1.47. The number of anilines is 1. The van der Waals surface area contributed by atoms with E-state index in [-0.39, 0.29) is 18.1 Å². The molecule has 0 spiro atoms. The number of rotatable bonds is 6. The minimum atomic E-state index is -0.330. The van der Waals surface area contributed by atoms with Gasteiger partial charge in [0.25, 0.3) is 11.5 Å². The first-order valence-corrected chi connectivity index (χ1v) is 10.3. The van der Waals surface area contributed by atoms with E-state index in [0.29, 0.717) is 40.4 Å². The van der Waals surface area contributed by atoms with Gasteiger partial charge in [0.1, 0.15) is 11.6 Å². The van der Waals surface area contributed by atoms with Crippen LogP contribution in [0.5, 0.6) is 17.2 Å². The molecule has 0 atom stereocenters. The van der Waals surface area contributed by atoms with E-state index in [1.807, 2.05) is 0 Å². The van der Waals surface area contributed by atoms with Gasteiger partial charge in [-0.1, -0.05) is 6.42 Å². The van der Waals surface area contributed by atoms with Crippen LogP contribution in [-0.2, 0) is 17.8 Å². The lowest BCUT2D eigenvalue weighted by molar-refractivity contribution is -0.118. The molecule has 2 aromatic carbocycles. The van der Waals surface area contributed by atoms with E-state index in [1.54, 1.807) is 48.1 Å². The zero-order valence-corrected chi connectivity index (χ0v) is 17.6. The number of carbonyl (C=O) groups is 1. The second-order valence-corrected chi connectivity index (χ2v) is 7.38. The SMILES string of the molecule is COc1ccc(NC(=O)COc2ccc3nc4n(c(=O)c3c2)CCCCC4)cc1OC. The highest BCUT2D eigenvalue weighted by atomic mass is 16.5. The van der Waals surface area contributed by atoms with Gasteiger partial charge >= 0.3 is 0 Å². The summed E-state index contributed by atoms with van der Waals surface area (Å²) in [6.45, 7) is 0.496. The lowest BCUT2D eigenvalue weighted by Gasteiger charge is -2.12. The van der Waals surface area contributed by atoms with Crippen molar-refractivity contribution < 1.29 is 19.0 Å². The van der Waals surface area contributed by atoms with Crippen molar-refractivity contribution >= 4 is 22.5 Å². The van der Waals surface area contributed by atoms with Crippen molar-refractivity contribution in [3.05, 3.63) is 52.6 Å². The van der Waals surface area contributed by atoms with Gasteiger partial charge in [0.2, 0.25) is 0 Å². The molecule has 1 amide bonds. The molecule has 4 rings (SSSR count). The van der Waals surface area contributed by atoms with Crippen LogP contribution in [-0.4, -0.2) is 36.3 Å². The van der Waals surface area contributed by atoms with Crippen LogP contribution in [0.3, 0.4) is 0 Å². The predicted molar refractivity (Wildman–Crippen MR) is 117 cm³/mol. The molecule has 3 aromatic rings. The number of amides is 1. The summed E-state index contributed by atoms with van der Waals surface area (Å²) in [4.78, 5) is 29.9. The second kappa shape index (κ2) is 9.07. The van der Waals surface area contributed by atoms with E-state index in [4.69, 9.17) is 14.2 Å². The van der Waals surface area contributed by atoms with Crippen molar-refractivity contribution in [2.45, 2.75) is 32.2 Å². The average molecular weight is 423 g/mol. The lowest BCUT2D eigenvalue weighted by atomic mass is 10.2. The highest BCUT2D eigenvalue weighted by molar-refractivity contribution is 5.92. The van der Waals surface area contributed by atoms with E-state index in [9.17, 15) is 9.59 Å². The van der Waals surface area contributed by atoms with Crippen LogP contribution < -0.4 is 25.1 Å². The smallest absolute Gasteiger partial charge is 0.262 e. The van der Waals surface area contributed by atoms with Gasteiger partial charge < -0.3 is 19.5 Å². The van der Waals surface area contributed by atoms with Gasteiger partial charge in [-0.3, -0.25) is 14.2 Å². The number of nitrogens with zero attached hydrogens (tertiary/aromatic N) is 2. The number of ether oxygens (including phenoxy) is 3. The lowest BCUT2D eigenvalue weighted by Crippen LogP contribution is -2.24. The van der Waals surface area contributed by atoms with Crippen molar-refractivity contribution in [3.63, 3.8) is 0 Å². The maximum absolute atomic E-state index is 12.9. The summed E-state index contributed by atoms with van der Waals surface area (Å²) in [6, 6.07) is 10.3.